The molecule has 0 aromatic heterocycles. The van der Waals surface area contributed by atoms with Crippen LogP contribution in [-0.2, 0) is 25.7 Å². The van der Waals surface area contributed by atoms with E-state index in [1.807, 2.05) is 32.0 Å². The van der Waals surface area contributed by atoms with Crippen LogP contribution in [0.1, 0.15) is 63.1 Å². The van der Waals surface area contributed by atoms with E-state index in [1.54, 1.807) is 7.05 Å². The lowest BCUT2D eigenvalue weighted by Gasteiger charge is -2.40. The third-order valence-corrected chi connectivity index (χ3v) is 7.29. The van der Waals surface area contributed by atoms with Crippen molar-refractivity contribution in [3.05, 3.63) is 34.9 Å². The van der Waals surface area contributed by atoms with Gasteiger partial charge in [-0.3, -0.25) is 19.3 Å². The van der Waals surface area contributed by atoms with Gasteiger partial charge in [-0.1, -0.05) is 44.5 Å². The molecule has 186 valence electrons. The molecular weight excluding hydrogens is 434 g/mol. The molecule has 1 heterocycles. The van der Waals surface area contributed by atoms with Gasteiger partial charge in [0.05, 0.1) is 0 Å². The third kappa shape index (κ3) is 5.59. The predicted octanol–water partition coefficient (Wildman–Crippen LogP) is 3.33. The van der Waals surface area contributed by atoms with Crippen molar-refractivity contribution in [3.8, 4) is 0 Å². The Morgan fingerprint density at radius 2 is 1.82 bits per heavy atom. The van der Waals surface area contributed by atoms with Gasteiger partial charge in [0.1, 0.15) is 12.1 Å². The van der Waals surface area contributed by atoms with E-state index in [0.29, 0.717) is 25.3 Å². The first-order valence-electron chi connectivity index (χ1n) is 11.9. The number of nitrogens with zero attached hydrogens (tertiary/aromatic N) is 2. The summed E-state index contributed by atoms with van der Waals surface area (Å²) >= 11 is 0. The molecule has 0 radical (unpaired) electrons. The minimum Gasteiger partial charge on any atom is -0.454 e. The number of hydrogen-bond donors (Lipinski definition) is 1. The number of benzene rings is 1. The molecule has 8 nitrogen and oxygen atoms in total. The van der Waals surface area contributed by atoms with Gasteiger partial charge in [0.25, 0.3) is 11.8 Å². The van der Waals surface area contributed by atoms with E-state index < -0.39 is 30.7 Å². The summed E-state index contributed by atoms with van der Waals surface area (Å²) in [6.45, 7) is 10.0. The molecule has 1 N–H and O–H groups in total. The first-order valence-corrected chi connectivity index (χ1v) is 11.9. The predicted molar refractivity (Wildman–Crippen MR) is 128 cm³/mol. The van der Waals surface area contributed by atoms with E-state index in [2.05, 4.69) is 26.1 Å². The van der Waals surface area contributed by atoms with Crippen molar-refractivity contribution in [1.29, 1.82) is 0 Å². The first-order chi connectivity index (χ1) is 15.8. The van der Waals surface area contributed by atoms with Crippen LogP contribution in [0, 0.1) is 25.2 Å². The Labute approximate surface area is 202 Å². The first kappa shape index (κ1) is 25.7. The standard InChI is InChI=1S/C26H37N3O5/c1-17-7-8-19(18(2)13-17)14-28(6)21(30)16-34-22(31)15-29-23(32)26(27-24(29)33)11-9-20(10-12-26)25(3,4)5/h7-8,13,20H,9-12,14-16H2,1-6H3,(H,27,33). The van der Waals surface area contributed by atoms with Gasteiger partial charge in [-0.25, -0.2) is 4.79 Å². The van der Waals surface area contributed by atoms with Crippen molar-refractivity contribution < 1.29 is 23.9 Å². The summed E-state index contributed by atoms with van der Waals surface area (Å²) in [6, 6.07) is 5.44. The number of carbonyl (C=O) groups excluding carboxylic acids is 4. The molecule has 1 aliphatic heterocycles. The number of rotatable bonds is 6. The molecule has 1 aromatic carbocycles. The SMILES string of the molecule is Cc1ccc(CN(C)C(=O)COC(=O)CN2C(=O)NC3(CCC(C(C)(C)C)CC3)C2=O)c(C)c1. The second-order valence-corrected chi connectivity index (χ2v) is 10.9. The van der Waals surface area contributed by atoms with Crippen molar-refractivity contribution in [1.82, 2.24) is 15.1 Å². The van der Waals surface area contributed by atoms with E-state index in [1.165, 1.54) is 4.90 Å². The summed E-state index contributed by atoms with van der Waals surface area (Å²) < 4.78 is 5.10. The molecule has 0 atom stereocenters. The second-order valence-electron chi connectivity index (χ2n) is 10.9. The molecule has 1 saturated carbocycles. The molecule has 34 heavy (non-hydrogen) atoms. The van der Waals surface area contributed by atoms with Gasteiger partial charge in [0.15, 0.2) is 6.61 Å². The Morgan fingerprint density at radius 3 is 2.41 bits per heavy atom. The lowest BCUT2D eigenvalue weighted by molar-refractivity contribution is -0.153. The van der Waals surface area contributed by atoms with Crippen LogP contribution >= 0.6 is 0 Å². The highest BCUT2D eigenvalue weighted by molar-refractivity contribution is 6.08. The van der Waals surface area contributed by atoms with Crippen LogP contribution in [0.25, 0.3) is 0 Å². The highest BCUT2D eigenvalue weighted by atomic mass is 16.5. The van der Waals surface area contributed by atoms with Crippen molar-refractivity contribution >= 4 is 23.8 Å². The number of ether oxygens (including phenoxy) is 1. The summed E-state index contributed by atoms with van der Waals surface area (Å²) in [7, 11) is 1.64. The fraction of sp³-hybridized carbons (Fsp3) is 0.615. The third-order valence-electron chi connectivity index (χ3n) is 7.29. The number of likely N-dealkylation sites (N-methyl/N-ethyl adjacent to an activating group) is 1. The Kier molecular flexibility index (Phi) is 7.38. The maximum Gasteiger partial charge on any atom is 0.326 e. The van der Waals surface area contributed by atoms with Crippen molar-refractivity contribution in [2.45, 2.75) is 72.4 Å². The van der Waals surface area contributed by atoms with E-state index in [9.17, 15) is 19.2 Å². The van der Waals surface area contributed by atoms with E-state index in [0.717, 1.165) is 34.4 Å². The Morgan fingerprint density at radius 1 is 1.18 bits per heavy atom. The summed E-state index contributed by atoms with van der Waals surface area (Å²) in [4.78, 5) is 52.7. The number of hydrogen-bond acceptors (Lipinski definition) is 5. The van der Waals surface area contributed by atoms with E-state index in [-0.39, 0.29) is 17.2 Å². The fourth-order valence-electron chi connectivity index (χ4n) is 4.93. The molecule has 8 heteroatoms. The summed E-state index contributed by atoms with van der Waals surface area (Å²) in [5.74, 6) is -1.03. The summed E-state index contributed by atoms with van der Waals surface area (Å²) in [5, 5.41) is 2.82. The molecule has 4 amide bonds. The number of imide groups is 1. The highest BCUT2D eigenvalue weighted by Gasteiger charge is 2.53. The van der Waals surface area contributed by atoms with Crippen LogP contribution in [0.15, 0.2) is 18.2 Å². The van der Waals surface area contributed by atoms with Gasteiger partial charge < -0.3 is 15.0 Å². The van der Waals surface area contributed by atoms with Gasteiger partial charge in [-0.2, -0.15) is 0 Å². The second kappa shape index (κ2) is 9.76. The van der Waals surface area contributed by atoms with Crippen LogP contribution in [0.3, 0.4) is 0 Å². The van der Waals surface area contributed by atoms with Gasteiger partial charge in [-0.05, 0) is 62.0 Å². The number of urea groups is 1. The Balaban J connectivity index is 1.50. The normalized spacial score (nSPS) is 22.6. The molecule has 1 aromatic rings. The Hall–Kier alpha value is -2.90. The molecule has 3 rings (SSSR count). The number of carbonyl (C=O) groups is 4. The monoisotopic (exact) mass is 471 g/mol. The van der Waals surface area contributed by atoms with Crippen molar-refractivity contribution in [2.24, 2.45) is 11.3 Å². The molecular formula is C26H37N3O5. The molecule has 1 aliphatic carbocycles. The zero-order valence-corrected chi connectivity index (χ0v) is 21.2. The molecule has 2 aliphatic rings. The fourth-order valence-corrected chi connectivity index (χ4v) is 4.93. The number of amides is 4. The van der Waals surface area contributed by atoms with Gasteiger partial charge in [-0.15, -0.1) is 0 Å². The molecule has 2 fully saturated rings. The van der Waals surface area contributed by atoms with Crippen molar-refractivity contribution in [3.63, 3.8) is 0 Å². The minimum atomic E-state index is -0.930. The topological polar surface area (TPSA) is 96.0 Å². The Bertz CT molecular complexity index is 973. The zero-order valence-electron chi connectivity index (χ0n) is 21.2. The van der Waals surface area contributed by atoms with E-state index >= 15 is 0 Å². The minimum absolute atomic E-state index is 0.147. The lowest BCUT2D eigenvalue weighted by Crippen LogP contribution is -2.50. The average Bonchev–Trinajstić information content (AvgIpc) is 2.97. The average molecular weight is 472 g/mol. The van der Waals surface area contributed by atoms with Gasteiger partial charge in [0, 0.05) is 13.6 Å². The van der Waals surface area contributed by atoms with Crippen LogP contribution < -0.4 is 5.32 Å². The molecule has 0 bridgehead atoms. The maximum atomic E-state index is 13.0. The van der Waals surface area contributed by atoms with Crippen LogP contribution in [0.4, 0.5) is 4.79 Å². The number of esters is 1. The van der Waals surface area contributed by atoms with Crippen LogP contribution in [0.5, 0.6) is 0 Å². The smallest absolute Gasteiger partial charge is 0.326 e. The number of nitrogens with one attached hydrogen (secondary N) is 1. The zero-order chi connectivity index (χ0) is 25.3. The maximum absolute atomic E-state index is 13.0. The molecule has 1 saturated heterocycles. The summed E-state index contributed by atoms with van der Waals surface area (Å²) in [5.41, 5.74) is 2.46. The van der Waals surface area contributed by atoms with E-state index in [4.69, 9.17) is 4.74 Å². The van der Waals surface area contributed by atoms with Crippen LogP contribution in [0.2, 0.25) is 0 Å². The van der Waals surface area contributed by atoms with Gasteiger partial charge in [0.2, 0.25) is 0 Å². The molecule has 1 spiro atoms. The highest BCUT2D eigenvalue weighted by Crippen LogP contribution is 2.43. The summed E-state index contributed by atoms with van der Waals surface area (Å²) in [6.07, 6.45) is 2.81. The quantitative estimate of drug-likeness (QED) is 0.507. The largest absolute Gasteiger partial charge is 0.454 e. The molecule has 0 unspecified atom stereocenters. The van der Waals surface area contributed by atoms with Crippen LogP contribution in [-0.4, -0.2) is 59.4 Å². The lowest BCUT2D eigenvalue weighted by atomic mass is 9.67. The van der Waals surface area contributed by atoms with Gasteiger partial charge >= 0.3 is 12.0 Å². The number of aryl methyl sites for hydroxylation is 2. The van der Waals surface area contributed by atoms with Crippen molar-refractivity contribution in [2.75, 3.05) is 20.2 Å².